The normalized spacial score (nSPS) is 11.4. The molecule has 2 aromatic heterocycles. The fourth-order valence-corrected chi connectivity index (χ4v) is 2.74. The number of hydrogen-bond acceptors (Lipinski definition) is 7. The van der Waals surface area contributed by atoms with Gasteiger partial charge in [0.2, 0.25) is 11.8 Å². The zero-order chi connectivity index (χ0) is 22.9. The molecule has 0 radical (unpaired) electrons. The Morgan fingerprint density at radius 2 is 1.81 bits per heavy atom. The Bertz CT molecular complexity index is 1060. The zero-order valence-corrected chi connectivity index (χ0v) is 17.6. The molecule has 32 heavy (non-hydrogen) atoms. The molecule has 3 aromatic rings. The second-order valence-corrected chi connectivity index (χ2v) is 6.88. The van der Waals surface area contributed by atoms with Gasteiger partial charge in [-0.05, 0) is 24.6 Å². The number of aromatic nitrogens is 2. The maximum atomic E-state index is 12.8. The molecule has 0 bridgehead atoms. The van der Waals surface area contributed by atoms with Gasteiger partial charge in [-0.2, -0.15) is 4.98 Å². The maximum Gasteiger partial charge on any atom is 0.337 e. The first-order valence-corrected chi connectivity index (χ1v) is 9.79. The van der Waals surface area contributed by atoms with Crippen molar-refractivity contribution in [3.63, 3.8) is 0 Å². The zero-order valence-electron chi connectivity index (χ0n) is 17.6. The number of amides is 1. The van der Waals surface area contributed by atoms with Gasteiger partial charge in [-0.1, -0.05) is 30.3 Å². The Labute approximate surface area is 185 Å². The molecule has 0 spiro atoms. The van der Waals surface area contributed by atoms with Gasteiger partial charge in [0.05, 0.1) is 17.7 Å². The molecule has 0 aliphatic heterocycles. The van der Waals surface area contributed by atoms with Crippen LogP contribution in [0.4, 0.5) is 5.82 Å². The Hall–Kier alpha value is -3.98. The molecule has 1 unspecified atom stereocenters. The number of hydrogen-bond donors (Lipinski definition) is 2. The van der Waals surface area contributed by atoms with Crippen LogP contribution in [0.1, 0.15) is 33.2 Å². The summed E-state index contributed by atoms with van der Waals surface area (Å²) in [5.41, 5.74) is 1.21. The summed E-state index contributed by atoms with van der Waals surface area (Å²) in [6.45, 7) is 2.43. The van der Waals surface area contributed by atoms with Crippen molar-refractivity contribution >= 4 is 17.7 Å². The number of nitrogens with one attached hydrogen (secondary N) is 1. The van der Waals surface area contributed by atoms with Crippen molar-refractivity contribution in [3.05, 3.63) is 77.5 Å². The Morgan fingerprint density at radius 3 is 2.47 bits per heavy atom. The average molecular weight is 437 g/mol. The second-order valence-electron chi connectivity index (χ2n) is 6.88. The van der Waals surface area contributed by atoms with Gasteiger partial charge < -0.3 is 24.6 Å². The van der Waals surface area contributed by atoms with Crippen molar-refractivity contribution < 1.29 is 28.9 Å². The summed E-state index contributed by atoms with van der Waals surface area (Å²) >= 11 is 0. The highest BCUT2D eigenvalue weighted by Gasteiger charge is 2.15. The number of nitrogens with zero attached hydrogens (tertiary/aromatic N) is 2. The number of benzene rings is 1. The predicted octanol–water partition coefficient (Wildman–Crippen LogP) is 3.42. The minimum atomic E-state index is -1.10. The molecule has 0 aliphatic carbocycles. The minimum absolute atomic E-state index is 0.0197. The van der Waals surface area contributed by atoms with Gasteiger partial charge in [0.15, 0.2) is 0 Å². The van der Waals surface area contributed by atoms with E-state index in [0.717, 1.165) is 5.56 Å². The Kier molecular flexibility index (Phi) is 7.71. The molecule has 9 heteroatoms. The Balaban J connectivity index is 1.79. The fourth-order valence-electron chi connectivity index (χ4n) is 2.74. The van der Waals surface area contributed by atoms with Gasteiger partial charge in [0.25, 0.3) is 5.91 Å². The summed E-state index contributed by atoms with van der Waals surface area (Å²) in [7, 11) is 1.56. The highest BCUT2D eigenvalue weighted by atomic mass is 16.5. The molecule has 1 amide bonds. The summed E-state index contributed by atoms with van der Waals surface area (Å²) in [5.74, 6) is -0.943. The largest absolute Gasteiger partial charge is 0.478 e. The van der Waals surface area contributed by atoms with Gasteiger partial charge in [0, 0.05) is 25.4 Å². The lowest BCUT2D eigenvalue weighted by atomic mass is 10.2. The van der Waals surface area contributed by atoms with E-state index in [4.69, 9.17) is 19.3 Å². The van der Waals surface area contributed by atoms with Gasteiger partial charge in [-0.25, -0.2) is 9.78 Å². The number of aromatic carboxylic acids is 1. The molecule has 2 heterocycles. The standard InChI is InChI=1S/C23H23N3O6/c1-15(13-30-2)32-21-11-18(10-20(26-21)31-14-16-6-4-3-5-7-16)22(27)25-19-9-8-17(12-24-19)23(28)29/h3-12,15H,13-14H2,1-2H3,(H,28,29)(H,24,25,27). The van der Waals surface area contributed by atoms with E-state index in [0.29, 0.717) is 6.61 Å². The van der Waals surface area contributed by atoms with Crippen molar-refractivity contribution in [3.8, 4) is 11.8 Å². The van der Waals surface area contributed by atoms with Crippen LogP contribution in [-0.2, 0) is 11.3 Å². The van der Waals surface area contributed by atoms with Crippen LogP contribution in [-0.4, -0.2) is 46.8 Å². The number of ether oxygens (including phenoxy) is 3. The molecule has 9 nitrogen and oxygen atoms in total. The smallest absolute Gasteiger partial charge is 0.337 e. The van der Waals surface area contributed by atoms with Gasteiger partial charge in [-0.15, -0.1) is 0 Å². The molecule has 0 aliphatic rings. The highest BCUT2D eigenvalue weighted by Crippen LogP contribution is 2.21. The highest BCUT2D eigenvalue weighted by molar-refractivity contribution is 6.04. The minimum Gasteiger partial charge on any atom is -0.478 e. The van der Waals surface area contributed by atoms with E-state index in [-0.39, 0.29) is 41.4 Å². The van der Waals surface area contributed by atoms with E-state index in [1.54, 1.807) is 7.11 Å². The van der Waals surface area contributed by atoms with Crippen molar-refractivity contribution in [1.29, 1.82) is 0 Å². The number of carboxylic acids is 1. The lowest BCUT2D eigenvalue weighted by Crippen LogP contribution is -2.19. The summed E-state index contributed by atoms with van der Waals surface area (Å²) < 4.78 is 16.6. The molecule has 1 aromatic carbocycles. The first-order chi connectivity index (χ1) is 15.4. The molecule has 2 N–H and O–H groups in total. The number of carboxylic acid groups (broad SMARTS) is 1. The number of anilines is 1. The van der Waals surface area contributed by atoms with E-state index in [1.165, 1.54) is 30.5 Å². The lowest BCUT2D eigenvalue weighted by molar-refractivity contribution is 0.0696. The Morgan fingerprint density at radius 1 is 1.06 bits per heavy atom. The van der Waals surface area contributed by atoms with E-state index in [9.17, 15) is 9.59 Å². The summed E-state index contributed by atoms with van der Waals surface area (Å²) in [5, 5.41) is 11.6. The maximum absolute atomic E-state index is 12.8. The second kappa shape index (κ2) is 10.9. The van der Waals surface area contributed by atoms with Crippen molar-refractivity contribution in [2.24, 2.45) is 0 Å². The summed E-state index contributed by atoms with van der Waals surface area (Å²) in [6, 6.07) is 15.3. The van der Waals surface area contributed by atoms with Gasteiger partial charge >= 0.3 is 5.97 Å². The first kappa shape index (κ1) is 22.7. The topological polar surface area (TPSA) is 120 Å². The third-order valence-electron chi connectivity index (χ3n) is 4.25. The van der Waals surface area contributed by atoms with Crippen LogP contribution < -0.4 is 14.8 Å². The monoisotopic (exact) mass is 437 g/mol. The number of carbonyl (C=O) groups is 2. The van der Waals surface area contributed by atoms with Crippen LogP contribution in [0.2, 0.25) is 0 Å². The average Bonchev–Trinajstić information content (AvgIpc) is 2.78. The van der Waals surface area contributed by atoms with Crippen LogP contribution in [0.3, 0.4) is 0 Å². The van der Waals surface area contributed by atoms with Crippen molar-refractivity contribution in [1.82, 2.24) is 9.97 Å². The number of carbonyl (C=O) groups excluding carboxylic acids is 1. The fraction of sp³-hybridized carbons (Fsp3) is 0.217. The van der Waals surface area contributed by atoms with E-state index >= 15 is 0 Å². The van der Waals surface area contributed by atoms with Crippen LogP contribution in [0.15, 0.2) is 60.8 Å². The molecular formula is C23H23N3O6. The third-order valence-corrected chi connectivity index (χ3v) is 4.25. The molecule has 0 saturated heterocycles. The van der Waals surface area contributed by atoms with E-state index < -0.39 is 11.9 Å². The molecule has 1 atom stereocenters. The molecule has 166 valence electrons. The lowest BCUT2D eigenvalue weighted by Gasteiger charge is -2.15. The molecule has 0 saturated carbocycles. The predicted molar refractivity (Wildman–Crippen MR) is 116 cm³/mol. The quantitative estimate of drug-likeness (QED) is 0.495. The van der Waals surface area contributed by atoms with Gasteiger partial charge in [0.1, 0.15) is 18.5 Å². The van der Waals surface area contributed by atoms with Crippen molar-refractivity contribution in [2.75, 3.05) is 19.0 Å². The van der Waals surface area contributed by atoms with Crippen LogP contribution in [0.25, 0.3) is 0 Å². The molecule has 3 rings (SSSR count). The SMILES string of the molecule is COCC(C)Oc1cc(C(=O)Nc2ccc(C(=O)O)cn2)cc(OCc2ccccc2)n1. The number of pyridine rings is 2. The number of methoxy groups -OCH3 is 1. The van der Waals surface area contributed by atoms with E-state index in [2.05, 4.69) is 15.3 Å². The van der Waals surface area contributed by atoms with Crippen LogP contribution >= 0.6 is 0 Å². The molecular weight excluding hydrogens is 414 g/mol. The third kappa shape index (κ3) is 6.51. The first-order valence-electron chi connectivity index (χ1n) is 9.79. The number of rotatable bonds is 10. The summed E-state index contributed by atoms with van der Waals surface area (Å²) in [6.07, 6.45) is 0.873. The van der Waals surface area contributed by atoms with Crippen LogP contribution in [0.5, 0.6) is 11.8 Å². The molecule has 0 fully saturated rings. The van der Waals surface area contributed by atoms with Crippen molar-refractivity contribution in [2.45, 2.75) is 19.6 Å². The van der Waals surface area contributed by atoms with E-state index in [1.807, 2.05) is 37.3 Å². The van der Waals surface area contributed by atoms with Crippen LogP contribution in [0, 0.1) is 0 Å². The summed E-state index contributed by atoms with van der Waals surface area (Å²) in [4.78, 5) is 32.0. The van der Waals surface area contributed by atoms with Gasteiger partial charge in [-0.3, -0.25) is 4.79 Å².